The van der Waals surface area contributed by atoms with E-state index in [0.29, 0.717) is 12.2 Å². The number of thiazole rings is 1. The van der Waals surface area contributed by atoms with Gasteiger partial charge in [0.05, 0.1) is 6.54 Å². The molecule has 2 rings (SSSR count). The van der Waals surface area contributed by atoms with Crippen LogP contribution in [0.3, 0.4) is 0 Å². The van der Waals surface area contributed by atoms with Crippen molar-refractivity contribution in [3.63, 3.8) is 0 Å². The Bertz CT molecular complexity index is 542. The van der Waals surface area contributed by atoms with Crippen LogP contribution in [0.5, 0.6) is 0 Å². The van der Waals surface area contributed by atoms with Crippen LogP contribution >= 0.6 is 11.3 Å². The fraction of sp³-hybridized carbons (Fsp3) is 0.500. The first kappa shape index (κ1) is 14.0. The van der Waals surface area contributed by atoms with Gasteiger partial charge in [-0.05, 0) is 6.92 Å². The minimum Gasteiger partial charge on any atom is -0.354 e. The Kier molecular flexibility index (Phi) is 4.18. The number of aryl methyl sites for hydroxylation is 1. The van der Waals surface area contributed by atoms with Gasteiger partial charge in [0.25, 0.3) is 5.91 Å². The lowest BCUT2D eigenvalue weighted by Crippen LogP contribution is -2.36. The highest BCUT2D eigenvalue weighted by Gasteiger charge is 2.19. The van der Waals surface area contributed by atoms with Gasteiger partial charge in [0.1, 0.15) is 5.69 Å². The lowest BCUT2D eigenvalue weighted by molar-refractivity contribution is -0.110. The van der Waals surface area contributed by atoms with E-state index in [2.05, 4.69) is 4.98 Å². The fourth-order valence-electron chi connectivity index (χ4n) is 1.76. The molecule has 0 unspecified atom stereocenters. The zero-order chi connectivity index (χ0) is 14.0. The molecule has 0 aliphatic heterocycles. The zero-order valence-electron chi connectivity index (χ0n) is 11.4. The molecule has 1 amide bonds. The molecule has 2 heterocycles. The number of fused-ring (bicyclic) bond motifs is 1. The number of methoxy groups -OCH3 is 2. The van der Waals surface area contributed by atoms with Crippen molar-refractivity contribution in [2.75, 3.05) is 27.8 Å². The monoisotopic (exact) mass is 283 g/mol. The second-order valence-electron chi connectivity index (χ2n) is 4.24. The maximum Gasteiger partial charge on any atom is 0.274 e. The van der Waals surface area contributed by atoms with Gasteiger partial charge in [-0.15, -0.1) is 11.3 Å². The highest BCUT2D eigenvalue weighted by molar-refractivity contribution is 7.17. The second kappa shape index (κ2) is 5.68. The highest BCUT2D eigenvalue weighted by Crippen LogP contribution is 2.17. The molecule has 0 radical (unpaired) electrons. The molecule has 6 nitrogen and oxygen atoms in total. The van der Waals surface area contributed by atoms with Gasteiger partial charge in [0.15, 0.2) is 11.3 Å². The summed E-state index contributed by atoms with van der Waals surface area (Å²) in [6, 6.07) is 0. The number of hydrogen-bond donors (Lipinski definition) is 0. The molecule has 0 spiro atoms. The van der Waals surface area contributed by atoms with Gasteiger partial charge in [0, 0.05) is 38.5 Å². The Morgan fingerprint density at radius 1 is 1.47 bits per heavy atom. The smallest absolute Gasteiger partial charge is 0.274 e. The molecule has 19 heavy (non-hydrogen) atoms. The topological polar surface area (TPSA) is 56.1 Å². The van der Waals surface area contributed by atoms with Crippen LogP contribution in [0.15, 0.2) is 12.4 Å². The number of imidazole rings is 1. The van der Waals surface area contributed by atoms with Gasteiger partial charge in [-0.1, -0.05) is 0 Å². The molecule has 0 fully saturated rings. The van der Waals surface area contributed by atoms with Crippen molar-refractivity contribution in [2.24, 2.45) is 0 Å². The Hall–Kier alpha value is -1.44. The molecule has 7 heteroatoms. The number of carbonyl (C=O) groups is 1. The molecule has 104 valence electrons. The van der Waals surface area contributed by atoms with Crippen molar-refractivity contribution >= 4 is 22.2 Å². The van der Waals surface area contributed by atoms with Crippen molar-refractivity contribution in [3.05, 3.63) is 23.0 Å². The van der Waals surface area contributed by atoms with Crippen molar-refractivity contribution in [3.8, 4) is 0 Å². The molecule has 2 aromatic rings. The van der Waals surface area contributed by atoms with Crippen LogP contribution in [0.1, 0.15) is 15.4 Å². The third kappa shape index (κ3) is 2.94. The molecule has 0 aliphatic carbocycles. The highest BCUT2D eigenvalue weighted by atomic mass is 32.1. The molecule has 0 atom stereocenters. The van der Waals surface area contributed by atoms with Crippen molar-refractivity contribution in [2.45, 2.75) is 13.2 Å². The zero-order valence-corrected chi connectivity index (χ0v) is 12.2. The number of ether oxygens (including phenoxy) is 2. The number of amides is 1. The lowest BCUT2D eigenvalue weighted by Gasteiger charge is -2.21. The summed E-state index contributed by atoms with van der Waals surface area (Å²) < 4.78 is 12.0. The summed E-state index contributed by atoms with van der Waals surface area (Å²) in [7, 11) is 4.79. The van der Waals surface area contributed by atoms with Crippen LogP contribution < -0.4 is 0 Å². The third-order valence-electron chi connectivity index (χ3n) is 2.79. The molecular formula is C12H17N3O3S. The van der Waals surface area contributed by atoms with Crippen molar-refractivity contribution in [1.82, 2.24) is 14.3 Å². The average Bonchev–Trinajstić information content (AvgIpc) is 2.91. The fourth-order valence-corrected chi connectivity index (χ4v) is 2.57. The van der Waals surface area contributed by atoms with Crippen molar-refractivity contribution in [1.29, 1.82) is 0 Å². The number of hydrogen-bond acceptors (Lipinski definition) is 5. The van der Waals surface area contributed by atoms with E-state index in [9.17, 15) is 4.79 Å². The summed E-state index contributed by atoms with van der Waals surface area (Å²) in [5.74, 6) is -0.146. The van der Waals surface area contributed by atoms with Gasteiger partial charge in [-0.3, -0.25) is 9.20 Å². The number of rotatable bonds is 5. The third-order valence-corrected chi connectivity index (χ3v) is 3.70. The predicted octanol–water partition coefficient (Wildman–Crippen LogP) is 1.40. The summed E-state index contributed by atoms with van der Waals surface area (Å²) in [5, 5.41) is 0. The van der Waals surface area contributed by atoms with E-state index in [1.165, 1.54) is 4.90 Å². The van der Waals surface area contributed by atoms with E-state index in [4.69, 9.17) is 9.47 Å². The Balaban J connectivity index is 2.11. The first-order valence-electron chi connectivity index (χ1n) is 5.81. The maximum atomic E-state index is 12.2. The molecule has 2 aromatic heterocycles. The lowest BCUT2D eigenvalue weighted by atomic mass is 10.4. The Morgan fingerprint density at radius 2 is 2.16 bits per heavy atom. The number of aromatic nitrogens is 2. The Labute approximate surface area is 115 Å². The van der Waals surface area contributed by atoms with E-state index in [1.807, 2.05) is 17.5 Å². The van der Waals surface area contributed by atoms with Crippen molar-refractivity contribution < 1.29 is 14.3 Å². The van der Waals surface area contributed by atoms with Gasteiger partial charge < -0.3 is 14.4 Å². The number of nitrogens with zero attached hydrogens (tertiary/aromatic N) is 3. The molecule has 0 bridgehead atoms. The van der Waals surface area contributed by atoms with Crippen LogP contribution in [-0.2, 0) is 9.47 Å². The summed E-state index contributed by atoms with van der Waals surface area (Å²) in [6.45, 7) is 2.37. The summed E-state index contributed by atoms with van der Waals surface area (Å²) in [4.78, 5) is 20.1. The maximum absolute atomic E-state index is 12.2. The summed E-state index contributed by atoms with van der Waals surface area (Å²) >= 11 is 1.56. The molecular weight excluding hydrogens is 266 g/mol. The SMILES string of the molecule is COC(CN(C)C(=O)c1cn2cc(C)sc2n1)OC. The van der Waals surface area contributed by atoms with E-state index in [0.717, 1.165) is 9.84 Å². The van der Waals surface area contributed by atoms with E-state index in [-0.39, 0.29) is 5.91 Å². The van der Waals surface area contributed by atoms with Crippen LogP contribution in [0, 0.1) is 6.92 Å². The van der Waals surface area contributed by atoms with E-state index >= 15 is 0 Å². The van der Waals surface area contributed by atoms with E-state index in [1.54, 1.807) is 38.8 Å². The van der Waals surface area contributed by atoms with Crippen LogP contribution in [0.4, 0.5) is 0 Å². The average molecular weight is 283 g/mol. The van der Waals surface area contributed by atoms with Gasteiger partial charge in [-0.25, -0.2) is 4.98 Å². The van der Waals surface area contributed by atoms with Gasteiger partial charge in [-0.2, -0.15) is 0 Å². The summed E-state index contributed by atoms with van der Waals surface area (Å²) in [5.41, 5.74) is 0.430. The largest absolute Gasteiger partial charge is 0.354 e. The molecule has 0 aromatic carbocycles. The summed E-state index contributed by atoms with van der Waals surface area (Å²) in [6.07, 6.45) is 3.27. The molecule has 0 saturated carbocycles. The molecule has 0 aliphatic rings. The quantitative estimate of drug-likeness (QED) is 0.778. The normalized spacial score (nSPS) is 11.4. The second-order valence-corrected chi connectivity index (χ2v) is 5.46. The standard InChI is InChI=1S/C12H17N3O3S/c1-8-5-15-6-9(13-12(15)19-8)11(16)14(2)7-10(17-3)18-4/h5-6,10H,7H2,1-4H3. The Morgan fingerprint density at radius 3 is 2.74 bits per heavy atom. The van der Waals surface area contributed by atoms with E-state index < -0.39 is 6.29 Å². The van der Waals surface area contributed by atoms with Crippen LogP contribution in [-0.4, -0.2) is 54.3 Å². The number of carbonyl (C=O) groups excluding carboxylic acids is 1. The minimum absolute atomic E-state index is 0.146. The first-order chi connectivity index (χ1) is 9.05. The number of likely N-dealkylation sites (N-methyl/N-ethyl adjacent to an activating group) is 1. The first-order valence-corrected chi connectivity index (χ1v) is 6.63. The van der Waals surface area contributed by atoms with Gasteiger partial charge in [0.2, 0.25) is 0 Å². The predicted molar refractivity (Wildman–Crippen MR) is 72.6 cm³/mol. The minimum atomic E-state index is -0.431. The van der Waals surface area contributed by atoms with Crippen LogP contribution in [0.2, 0.25) is 0 Å². The van der Waals surface area contributed by atoms with Gasteiger partial charge >= 0.3 is 0 Å². The molecule has 0 N–H and O–H groups in total. The molecule has 0 saturated heterocycles. The van der Waals surface area contributed by atoms with Crippen LogP contribution in [0.25, 0.3) is 4.96 Å².